The van der Waals surface area contributed by atoms with E-state index in [0.717, 1.165) is 32.4 Å². The average molecular weight is 330 g/mol. The summed E-state index contributed by atoms with van der Waals surface area (Å²) in [7, 11) is 3.30. The lowest BCUT2D eigenvalue weighted by atomic mass is 10.1. The van der Waals surface area contributed by atoms with Crippen LogP contribution in [0.2, 0.25) is 0 Å². The molecule has 0 saturated heterocycles. The fraction of sp³-hybridized carbons (Fsp3) is 0.111. The SMILES string of the molecule is COc1ccc(/C(S)=C/C=C(\S)c2ccc(OC)cc2)cc1. The maximum Gasteiger partial charge on any atom is 0.118 e. The Morgan fingerprint density at radius 2 is 1.00 bits per heavy atom. The second-order valence-electron chi connectivity index (χ2n) is 4.56. The number of rotatable bonds is 5. The summed E-state index contributed by atoms with van der Waals surface area (Å²) in [6, 6.07) is 15.5. The predicted molar refractivity (Wildman–Crippen MR) is 99.9 cm³/mol. The molecule has 0 radical (unpaired) electrons. The van der Waals surface area contributed by atoms with Crippen molar-refractivity contribution < 1.29 is 9.47 Å². The number of thiol groups is 2. The van der Waals surface area contributed by atoms with Gasteiger partial charge in [0.25, 0.3) is 0 Å². The minimum Gasteiger partial charge on any atom is -0.497 e. The van der Waals surface area contributed by atoms with Crippen molar-refractivity contribution in [1.82, 2.24) is 0 Å². The van der Waals surface area contributed by atoms with Crippen molar-refractivity contribution in [3.05, 3.63) is 71.8 Å². The molecule has 2 nitrogen and oxygen atoms in total. The minimum atomic E-state index is 0.827. The quantitative estimate of drug-likeness (QED) is 0.597. The fourth-order valence-corrected chi connectivity index (χ4v) is 2.32. The number of benzene rings is 2. The lowest BCUT2D eigenvalue weighted by Gasteiger charge is -2.04. The Hall–Kier alpha value is -1.78. The second kappa shape index (κ2) is 8.01. The summed E-state index contributed by atoms with van der Waals surface area (Å²) in [5.74, 6) is 1.65. The Balaban J connectivity index is 2.15. The second-order valence-corrected chi connectivity index (χ2v) is 5.52. The largest absolute Gasteiger partial charge is 0.497 e. The molecule has 4 heteroatoms. The fourth-order valence-electron chi connectivity index (χ4n) is 1.87. The van der Waals surface area contributed by atoms with Crippen LogP contribution in [0.3, 0.4) is 0 Å². The van der Waals surface area contributed by atoms with Crippen molar-refractivity contribution in [2.24, 2.45) is 0 Å². The molecule has 2 aromatic carbocycles. The van der Waals surface area contributed by atoms with Crippen LogP contribution in [0.1, 0.15) is 11.1 Å². The highest BCUT2D eigenvalue weighted by molar-refractivity contribution is 7.91. The van der Waals surface area contributed by atoms with E-state index in [2.05, 4.69) is 25.3 Å². The lowest BCUT2D eigenvalue weighted by molar-refractivity contribution is 0.414. The van der Waals surface area contributed by atoms with Crippen LogP contribution in [-0.4, -0.2) is 14.2 Å². The van der Waals surface area contributed by atoms with Crippen molar-refractivity contribution >= 4 is 35.1 Å². The maximum absolute atomic E-state index is 5.15. The molecule has 0 spiro atoms. The van der Waals surface area contributed by atoms with E-state index < -0.39 is 0 Å². The van der Waals surface area contributed by atoms with Crippen LogP contribution < -0.4 is 9.47 Å². The third kappa shape index (κ3) is 4.36. The van der Waals surface area contributed by atoms with Crippen LogP contribution in [0.15, 0.2) is 60.7 Å². The normalized spacial score (nSPS) is 12.2. The van der Waals surface area contributed by atoms with Crippen LogP contribution in [0.25, 0.3) is 9.81 Å². The topological polar surface area (TPSA) is 18.5 Å². The molecule has 0 bridgehead atoms. The van der Waals surface area contributed by atoms with Gasteiger partial charge in [-0.15, -0.1) is 25.3 Å². The maximum atomic E-state index is 5.15. The third-order valence-electron chi connectivity index (χ3n) is 3.17. The number of hydrogen-bond acceptors (Lipinski definition) is 4. The van der Waals surface area contributed by atoms with Crippen LogP contribution in [0.4, 0.5) is 0 Å². The molecule has 0 saturated carbocycles. The highest BCUT2D eigenvalue weighted by Crippen LogP contribution is 2.25. The van der Waals surface area contributed by atoms with Gasteiger partial charge in [-0.05, 0) is 47.5 Å². The Labute approximate surface area is 142 Å². The van der Waals surface area contributed by atoms with Crippen molar-refractivity contribution in [3.63, 3.8) is 0 Å². The summed E-state index contributed by atoms with van der Waals surface area (Å²) in [6.45, 7) is 0. The van der Waals surface area contributed by atoms with E-state index >= 15 is 0 Å². The zero-order valence-electron chi connectivity index (χ0n) is 12.5. The van der Waals surface area contributed by atoms with Gasteiger partial charge in [-0.25, -0.2) is 0 Å². The van der Waals surface area contributed by atoms with E-state index in [4.69, 9.17) is 9.47 Å². The van der Waals surface area contributed by atoms with E-state index in [1.165, 1.54) is 0 Å². The first-order valence-corrected chi connectivity index (χ1v) is 7.62. The summed E-state index contributed by atoms with van der Waals surface area (Å²) in [5.41, 5.74) is 2.05. The van der Waals surface area contributed by atoms with E-state index in [9.17, 15) is 0 Å². The summed E-state index contributed by atoms with van der Waals surface area (Å²) < 4.78 is 10.3. The highest BCUT2D eigenvalue weighted by atomic mass is 32.1. The molecule has 0 heterocycles. The van der Waals surface area contributed by atoms with Crippen LogP contribution in [-0.2, 0) is 0 Å². The van der Waals surface area contributed by atoms with E-state index in [1.54, 1.807) is 14.2 Å². The first-order valence-electron chi connectivity index (χ1n) is 6.73. The number of methoxy groups -OCH3 is 2. The molecule has 0 N–H and O–H groups in total. The van der Waals surface area contributed by atoms with Gasteiger partial charge in [0.1, 0.15) is 11.5 Å². The monoisotopic (exact) mass is 330 g/mol. The van der Waals surface area contributed by atoms with E-state index in [0.29, 0.717) is 0 Å². The zero-order valence-corrected chi connectivity index (χ0v) is 14.3. The van der Waals surface area contributed by atoms with Crippen molar-refractivity contribution in [2.45, 2.75) is 0 Å². The number of hydrogen-bond donors (Lipinski definition) is 2. The van der Waals surface area contributed by atoms with Gasteiger partial charge >= 0.3 is 0 Å². The highest BCUT2D eigenvalue weighted by Gasteiger charge is 1.99. The van der Waals surface area contributed by atoms with Gasteiger partial charge in [-0.1, -0.05) is 24.3 Å². The number of allylic oxidation sites excluding steroid dienone is 2. The predicted octanol–water partition coefficient (Wildman–Crippen LogP) is 4.95. The van der Waals surface area contributed by atoms with Gasteiger partial charge in [0.2, 0.25) is 0 Å². The molecule has 0 aliphatic carbocycles. The molecule has 0 fully saturated rings. The summed E-state index contributed by atoms with van der Waals surface area (Å²) >= 11 is 9.05. The molecule has 0 atom stereocenters. The molecule has 0 aromatic heterocycles. The molecule has 2 aromatic rings. The zero-order chi connectivity index (χ0) is 15.9. The Morgan fingerprint density at radius 3 is 1.27 bits per heavy atom. The molecule has 0 unspecified atom stereocenters. The van der Waals surface area contributed by atoms with Crippen molar-refractivity contribution in [2.75, 3.05) is 14.2 Å². The van der Waals surface area contributed by atoms with Gasteiger partial charge < -0.3 is 9.47 Å². The van der Waals surface area contributed by atoms with Crippen LogP contribution in [0, 0.1) is 0 Å². The van der Waals surface area contributed by atoms with E-state index in [-0.39, 0.29) is 0 Å². The van der Waals surface area contributed by atoms with Gasteiger partial charge in [-0.2, -0.15) is 0 Å². The Morgan fingerprint density at radius 1 is 0.682 bits per heavy atom. The lowest BCUT2D eigenvalue weighted by Crippen LogP contribution is -1.83. The summed E-state index contributed by atoms with van der Waals surface area (Å²) in [6.07, 6.45) is 3.86. The molecular formula is C18H18O2S2. The molecule has 22 heavy (non-hydrogen) atoms. The number of ether oxygens (including phenoxy) is 2. The first kappa shape index (κ1) is 16.6. The van der Waals surface area contributed by atoms with E-state index in [1.807, 2.05) is 60.7 Å². The van der Waals surface area contributed by atoms with Crippen LogP contribution >= 0.6 is 25.3 Å². The third-order valence-corrected chi connectivity index (χ3v) is 3.99. The molecule has 0 aliphatic heterocycles. The smallest absolute Gasteiger partial charge is 0.118 e. The standard InChI is InChI=1S/C18H18O2S2/c1-19-15-7-3-13(4-8-15)17(21)11-12-18(22)14-5-9-16(20-2)10-6-14/h3-12,21-22H,1-2H3/b17-11-,18-12-. The van der Waals surface area contributed by atoms with Gasteiger partial charge in [0.05, 0.1) is 14.2 Å². The van der Waals surface area contributed by atoms with Crippen LogP contribution in [0.5, 0.6) is 11.5 Å². The Bertz CT molecular complexity index is 610. The van der Waals surface area contributed by atoms with Crippen molar-refractivity contribution in [1.29, 1.82) is 0 Å². The average Bonchev–Trinajstić information content (AvgIpc) is 2.59. The molecule has 0 amide bonds. The summed E-state index contributed by atoms with van der Waals surface area (Å²) in [5, 5.41) is 0. The van der Waals surface area contributed by atoms with Gasteiger partial charge in [0, 0.05) is 9.81 Å². The molecular weight excluding hydrogens is 312 g/mol. The van der Waals surface area contributed by atoms with Crippen molar-refractivity contribution in [3.8, 4) is 11.5 Å². The van der Waals surface area contributed by atoms with Gasteiger partial charge in [-0.3, -0.25) is 0 Å². The molecule has 0 aliphatic rings. The first-order chi connectivity index (χ1) is 10.6. The molecule has 2 rings (SSSR count). The summed E-state index contributed by atoms with van der Waals surface area (Å²) in [4.78, 5) is 1.73. The molecule has 114 valence electrons. The Kier molecular flexibility index (Phi) is 6.04. The van der Waals surface area contributed by atoms with Gasteiger partial charge in [0.15, 0.2) is 0 Å². The minimum absolute atomic E-state index is 0.827.